The molecule has 0 aliphatic rings. The van der Waals surface area contributed by atoms with Crippen molar-refractivity contribution in [1.29, 1.82) is 0 Å². The third kappa shape index (κ3) is 2.65. The number of ether oxygens (including phenoxy) is 1. The van der Waals surface area contributed by atoms with E-state index in [4.69, 9.17) is 16.3 Å². The summed E-state index contributed by atoms with van der Waals surface area (Å²) in [6.07, 6.45) is 1.63. The standard InChI is InChI=1S/C17H15ClN2O4/c1-2-24-17(23)14-15(21)13-8-5-9-19(13)20(16(14)22)10-11-6-3-4-7-12(11)18/h3-9,21H,2,10H2,1H3. The van der Waals surface area contributed by atoms with Crippen molar-refractivity contribution in [1.82, 2.24) is 9.20 Å². The molecule has 7 heteroatoms. The van der Waals surface area contributed by atoms with Crippen LogP contribution in [0.15, 0.2) is 47.4 Å². The van der Waals surface area contributed by atoms with Crippen LogP contribution in [0.1, 0.15) is 22.8 Å². The van der Waals surface area contributed by atoms with Gasteiger partial charge in [-0.15, -0.1) is 0 Å². The van der Waals surface area contributed by atoms with Crippen molar-refractivity contribution in [3.8, 4) is 5.75 Å². The van der Waals surface area contributed by atoms with Crippen LogP contribution in [0.2, 0.25) is 5.02 Å². The van der Waals surface area contributed by atoms with Gasteiger partial charge >= 0.3 is 5.97 Å². The zero-order valence-corrected chi connectivity index (χ0v) is 13.7. The van der Waals surface area contributed by atoms with Crippen LogP contribution in [-0.4, -0.2) is 26.9 Å². The third-order valence-corrected chi connectivity index (χ3v) is 4.04. The Kier molecular flexibility index (Phi) is 4.31. The normalized spacial score (nSPS) is 10.9. The number of aromatic nitrogens is 2. The summed E-state index contributed by atoms with van der Waals surface area (Å²) in [6.45, 7) is 1.89. The van der Waals surface area contributed by atoms with E-state index in [0.717, 1.165) is 5.56 Å². The van der Waals surface area contributed by atoms with Crippen molar-refractivity contribution in [2.24, 2.45) is 0 Å². The van der Waals surface area contributed by atoms with Crippen LogP contribution >= 0.6 is 11.6 Å². The number of benzene rings is 1. The Balaban J connectivity index is 2.24. The fourth-order valence-corrected chi connectivity index (χ4v) is 2.75. The maximum Gasteiger partial charge on any atom is 0.347 e. The van der Waals surface area contributed by atoms with Crippen LogP contribution in [0.3, 0.4) is 0 Å². The summed E-state index contributed by atoms with van der Waals surface area (Å²) in [5.41, 5.74) is 0.0335. The van der Waals surface area contributed by atoms with Crippen molar-refractivity contribution in [2.75, 3.05) is 6.61 Å². The average molecular weight is 347 g/mol. The number of nitrogens with zero attached hydrogens (tertiary/aromatic N) is 2. The van der Waals surface area contributed by atoms with Gasteiger partial charge in [-0.25, -0.2) is 9.48 Å². The summed E-state index contributed by atoms with van der Waals surface area (Å²) in [7, 11) is 0. The topological polar surface area (TPSA) is 72.9 Å². The fraction of sp³-hybridized carbons (Fsp3) is 0.176. The molecule has 0 amide bonds. The fourth-order valence-electron chi connectivity index (χ4n) is 2.55. The first-order valence-electron chi connectivity index (χ1n) is 7.38. The minimum atomic E-state index is -0.850. The zero-order chi connectivity index (χ0) is 17.3. The van der Waals surface area contributed by atoms with Gasteiger partial charge in [0.15, 0.2) is 11.3 Å². The van der Waals surface area contributed by atoms with Crippen molar-refractivity contribution < 1.29 is 14.6 Å². The number of carbonyl (C=O) groups is 1. The molecule has 0 saturated carbocycles. The van der Waals surface area contributed by atoms with Crippen LogP contribution in [0, 0.1) is 0 Å². The van der Waals surface area contributed by atoms with Gasteiger partial charge in [0.2, 0.25) is 0 Å². The van der Waals surface area contributed by atoms with Crippen LogP contribution in [0.4, 0.5) is 0 Å². The van der Waals surface area contributed by atoms with Gasteiger partial charge in [0, 0.05) is 11.2 Å². The van der Waals surface area contributed by atoms with E-state index in [9.17, 15) is 14.7 Å². The number of rotatable bonds is 4. The van der Waals surface area contributed by atoms with Crippen molar-refractivity contribution in [2.45, 2.75) is 13.5 Å². The minimum Gasteiger partial charge on any atom is -0.505 e. The lowest BCUT2D eigenvalue weighted by Gasteiger charge is -2.14. The van der Waals surface area contributed by atoms with Crippen LogP contribution in [-0.2, 0) is 11.3 Å². The second kappa shape index (κ2) is 6.41. The second-order valence-electron chi connectivity index (χ2n) is 5.14. The molecule has 2 aromatic heterocycles. The summed E-state index contributed by atoms with van der Waals surface area (Å²) in [5.74, 6) is -1.24. The first-order valence-corrected chi connectivity index (χ1v) is 7.76. The van der Waals surface area contributed by atoms with E-state index in [1.165, 1.54) is 9.20 Å². The molecule has 0 unspecified atom stereocenters. The molecule has 1 N–H and O–H groups in total. The van der Waals surface area contributed by atoms with E-state index in [1.54, 1.807) is 43.5 Å². The number of halogens is 1. The van der Waals surface area contributed by atoms with E-state index >= 15 is 0 Å². The molecule has 2 heterocycles. The SMILES string of the molecule is CCOC(=O)c1c(O)c2cccn2n(Cc2ccccc2Cl)c1=O. The monoisotopic (exact) mass is 346 g/mol. The highest BCUT2D eigenvalue weighted by atomic mass is 35.5. The van der Waals surface area contributed by atoms with E-state index in [-0.39, 0.29) is 24.5 Å². The number of carbonyl (C=O) groups excluding carboxylic acids is 1. The molecule has 0 aliphatic carbocycles. The molecule has 24 heavy (non-hydrogen) atoms. The Hall–Kier alpha value is -2.73. The molecule has 3 aromatic rings. The zero-order valence-electron chi connectivity index (χ0n) is 12.9. The Morgan fingerprint density at radius 3 is 2.71 bits per heavy atom. The van der Waals surface area contributed by atoms with Gasteiger partial charge in [0.05, 0.1) is 13.2 Å². The Morgan fingerprint density at radius 1 is 1.25 bits per heavy atom. The summed E-state index contributed by atoms with van der Waals surface area (Å²) in [6, 6.07) is 10.4. The molecule has 0 aliphatic heterocycles. The van der Waals surface area contributed by atoms with E-state index in [0.29, 0.717) is 10.5 Å². The molecule has 6 nitrogen and oxygen atoms in total. The van der Waals surface area contributed by atoms with E-state index in [1.807, 2.05) is 6.07 Å². The van der Waals surface area contributed by atoms with Gasteiger partial charge in [-0.1, -0.05) is 29.8 Å². The Morgan fingerprint density at radius 2 is 2.00 bits per heavy atom. The summed E-state index contributed by atoms with van der Waals surface area (Å²) < 4.78 is 7.72. The predicted molar refractivity (Wildman–Crippen MR) is 89.8 cm³/mol. The number of fused-ring (bicyclic) bond motifs is 1. The van der Waals surface area contributed by atoms with Gasteiger partial charge < -0.3 is 9.84 Å². The molecule has 0 atom stereocenters. The average Bonchev–Trinajstić information content (AvgIpc) is 3.03. The number of hydrogen-bond acceptors (Lipinski definition) is 4. The van der Waals surface area contributed by atoms with Crippen molar-refractivity contribution >= 4 is 23.1 Å². The first kappa shape index (κ1) is 16.1. The second-order valence-corrected chi connectivity index (χ2v) is 5.54. The lowest BCUT2D eigenvalue weighted by Crippen LogP contribution is -2.32. The molecule has 0 fully saturated rings. The molecule has 3 rings (SSSR count). The molecule has 124 valence electrons. The molecule has 0 radical (unpaired) electrons. The minimum absolute atomic E-state index is 0.106. The quantitative estimate of drug-likeness (QED) is 0.737. The first-order chi connectivity index (χ1) is 11.5. The number of esters is 1. The van der Waals surface area contributed by atoms with Gasteiger partial charge in [0.1, 0.15) is 5.52 Å². The van der Waals surface area contributed by atoms with Gasteiger partial charge in [-0.2, -0.15) is 0 Å². The molecule has 0 spiro atoms. The third-order valence-electron chi connectivity index (χ3n) is 3.67. The maximum absolute atomic E-state index is 12.8. The summed E-state index contributed by atoms with van der Waals surface area (Å²) in [5, 5.41) is 10.8. The van der Waals surface area contributed by atoms with Crippen LogP contribution in [0.5, 0.6) is 5.75 Å². The smallest absolute Gasteiger partial charge is 0.347 e. The van der Waals surface area contributed by atoms with Crippen molar-refractivity contribution in [3.05, 3.63) is 69.1 Å². The Labute approximate surface area is 142 Å². The largest absolute Gasteiger partial charge is 0.505 e. The summed E-state index contributed by atoms with van der Waals surface area (Å²) >= 11 is 6.17. The van der Waals surface area contributed by atoms with Gasteiger partial charge in [-0.05, 0) is 30.7 Å². The molecule has 0 saturated heterocycles. The highest BCUT2D eigenvalue weighted by molar-refractivity contribution is 6.31. The molecular weight excluding hydrogens is 332 g/mol. The molecule has 0 bridgehead atoms. The van der Waals surface area contributed by atoms with E-state index in [2.05, 4.69) is 0 Å². The molecule has 1 aromatic carbocycles. The number of aromatic hydroxyl groups is 1. The highest BCUT2D eigenvalue weighted by Gasteiger charge is 2.23. The summed E-state index contributed by atoms with van der Waals surface area (Å²) in [4.78, 5) is 24.9. The Bertz CT molecular complexity index is 974. The maximum atomic E-state index is 12.8. The van der Waals surface area contributed by atoms with Crippen molar-refractivity contribution in [3.63, 3.8) is 0 Å². The molecular formula is C17H15ClN2O4. The lowest BCUT2D eigenvalue weighted by molar-refractivity contribution is 0.0519. The lowest BCUT2D eigenvalue weighted by atomic mass is 10.2. The van der Waals surface area contributed by atoms with Crippen LogP contribution in [0.25, 0.3) is 5.52 Å². The van der Waals surface area contributed by atoms with Gasteiger partial charge in [0.25, 0.3) is 5.56 Å². The van der Waals surface area contributed by atoms with Gasteiger partial charge in [-0.3, -0.25) is 9.31 Å². The predicted octanol–water partition coefficient (Wildman–Crippen LogP) is 2.69. The van der Waals surface area contributed by atoms with E-state index < -0.39 is 11.5 Å². The number of hydrogen-bond donors (Lipinski definition) is 1. The highest BCUT2D eigenvalue weighted by Crippen LogP contribution is 2.23. The van der Waals surface area contributed by atoms with Crippen LogP contribution < -0.4 is 5.56 Å².